The smallest absolute Gasteiger partial charge is 0.0440 e. The molecular weight excluding hydrogens is 88.1 g/mol. The molecule has 0 aliphatic heterocycles. The van der Waals surface area contributed by atoms with Crippen molar-refractivity contribution >= 4 is 8.80 Å². The fourth-order valence-corrected chi connectivity index (χ4v) is 0.750. The molecule has 0 nitrogen and oxygen atoms in total. The maximum atomic E-state index is 2.38. The fraction of sp³-hybridized carbons (Fsp3) is 1.00. The predicted molar refractivity (Wildman–Crippen MR) is 32.6 cm³/mol. The molecule has 0 bridgehead atoms. The van der Waals surface area contributed by atoms with Crippen molar-refractivity contribution in [2.75, 3.05) is 0 Å². The van der Waals surface area contributed by atoms with E-state index in [0.29, 0.717) is 0 Å². The molecule has 0 atom stereocenters. The summed E-state index contributed by atoms with van der Waals surface area (Å²) >= 11 is 0. The summed E-state index contributed by atoms with van der Waals surface area (Å²) in [5.74, 6) is 0. The van der Waals surface area contributed by atoms with E-state index in [1.165, 1.54) is 12.1 Å². The van der Waals surface area contributed by atoms with Gasteiger partial charge in [-0.25, -0.2) is 0 Å². The largest absolute Gasteiger partial charge is 0.0711 e. The number of hydrogen-bond donors (Lipinski definition) is 0. The van der Waals surface area contributed by atoms with Crippen molar-refractivity contribution in [1.82, 2.24) is 0 Å². The Morgan fingerprint density at radius 1 is 1.17 bits per heavy atom. The summed E-state index contributed by atoms with van der Waals surface area (Å²) in [6, 6.07) is 2.86. The van der Waals surface area contributed by atoms with Crippen LogP contribution in [-0.2, 0) is 0 Å². The molecule has 0 saturated carbocycles. The molecule has 0 aliphatic carbocycles. The van der Waals surface area contributed by atoms with Crippen molar-refractivity contribution in [3.63, 3.8) is 0 Å². The van der Waals surface area contributed by atoms with E-state index in [-0.39, 0.29) is 8.80 Å². The molecule has 0 saturated heterocycles. The summed E-state index contributed by atoms with van der Waals surface area (Å²) in [4.78, 5) is 0. The molecule has 0 unspecified atom stereocenters. The molecule has 0 aromatic carbocycles. The van der Waals surface area contributed by atoms with Gasteiger partial charge in [0.1, 0.15) is 0 Å². The van der Waals surface area contributed by atoms with E-state index < -0.39 is 0 Å². The zero-order valence-electron chi connectivity index (χ0n) is 4.91. The van der Waals surface area contributed by atoms with Gasteiger partial charge in [-0.1, -0.05) is 32.5 Å². The molecular formula is C5H13Si. The van der Waals surface area contributed by atoms with E-state index in [1.54, 1.807) is 0 Å². The van der Waals surface area contributed by atoms with Gasteiger partial charge in [0.05, 0.1) is 0 Å². The number of hydrogen-bond acceptors (Lipinski definition) is 0. The Morgan fingerprint density at radius 3 is 1.50 bits per heavy atom. The standard InChI is InChI=1S/C5H13Si/c1-4-6(3)5-2/h4-5H2,1-3H3. The van der Waals surface area contributed by atoms with E-state index in [1.807, 2.05) is 0 Å². The molecule has 1 radical (unpaired) electrons. The molecule has 0 amide bonds. The summed E-state index contributed by atoms with van der Waals surface area (Å²) in [7, 11) is 0.132. The minimum Gasteiger partial charge on any atom is -0.0711 e. The molecule has 0 spiro atoms. The van der Waals surface area contributed by atoms with Crippen molar-refractivity contribution in [2.45, 2.75) is 32.5 Å². The Balaban J connectivity index is 2.75. The van der Waals surface area contributed by atoms with Gasteiger partial charge < -0.3 is 0 Å². The van der Waals surface area contributed by atoms with Gasteiger partial charge in [-0.2, -0.15) is 0 Å². The molecule has 0 heterocycles. The number of rotatable bonds is 2. The topological polar surface area (TPSA) is 0 Å². The normalized spacial score (nSPS) is 10.0. The average Bonchev–Trinajstić information content (AvgIpc) is 1.65. The maximum Gasteiger partial charge on any atom is 0.0440 e. The van der Waals surface area contributed by atoms with Gasteiger partial charge in [-0.3, -0.25) is 0 Å². The van der Waals surface area contributed by atoms with Crippen LogP contribution in [0.4, 0.5) is 0 Å². The van der Waals surface area contributed by atoms with Crippen molar-refractivity contribution in [3.8, 4) is 0 Å². The molecule has 0 aromatic rings. The van der Waals surface area contributed by atoms with Gasteiger partial charge in [0, 0.05) is 8.80 Å². The summed E-state index contributed by atoms with van der Waals surface area (Å²) in [5, 5.41) is 0. The van der Waals surface area contributed by atoms with Crippen LogP contribution in [0.15, 0.2) is 0 Å². The van der Waals surface area contributed by atoms with Crippen molar-refractivity contribution in [1.29, 1.82) is 0 Å². The highest BCUT2D eigenvalue weighted by Crippen LogP contribution is 1.93. The second-order valence-electron chi connectivity index (χ2n) is 1.66. The molecule has 0 aliphatic rings. The van der Waals surface area contributed by atoms with E-state index in [4.69, 9.17) is 0 Å². The SMILES string of the molecule is CC[Si](C)CC. The first-order chi connectivity index (χ1) is 2.81. The fourth-order valence-electron chi connectivity index (χ4n) is 0.250. The van der Waals surface area contributed by atoms with E-state index in [0.717, 1.165) is 0 Å². The predicted octanol–water partition coefficient (Wildman–Crippen LogP) is 2.15. The summed E-state index contributed by atoms with van der Waals surface area (Å²) in [6.07, 6.45) is 0. The molecule has 37 valence electrons. The van der Waals surface area contributed by atoms with Crippen LogP contribution in [0.25, 0.3) is 0 Å². The lowest BCUT2D eigenvalue weighted by Gasteiger charge is -1.95. The van der Waals surface area contributed by atoms with Crippen molar-refractivity contribution in [2.24, 2.45) is 0 Å². The van der Waals surface area contributed by atoms with Gasteiger partial charge >= 0.3 is 0 Å². The lowest BCUT2D eigenvalue weighted by molar-refractivity contribution is 1.31. The average molecular weight is 101 g/mol. The zero-order valence-corrected chi connectivity index (χ0v) is 5.91. The van der Waals surface area contributed by atoms with Gasteiger partial charge in [0.25, 0.3) is 0 Å². The van der Waals surface area contributed by atoms with Crippen molar-refractivity contribution < 1.29 is 0 Å². The zero-order chi connectivity index (χ0) is 4.99. The minimum absolute atomic E-state index is 0.132. The van der Waals surface area contributed by atoms with Gasteiger partial charge in [-0.05, 0) is 0 Å². The van der Waals surface area contributed by atoms with Crippen LogP contribution in [0.5, 0.6) is 0 Å². The molecule has 0 rings (SSSR count). The Morgan fingerprint density at radius 2 is 1.50 bits per heavy atom. The molecule has 1 heteroatoms. The molecule has 0 N–H and O–H groups in total. The quantitative estimate of drug-likeness (QED) is 0.467. The first-order valence-electron chi connectivity index (χ1n) is 2.62. The summed E-state index contributed by atoms with van der Waals surface area (Å²) in [6.45, 7) is 6.93. The monoisotopic (exact) mass is 101 g/mol. The second kappa shape index (κ2) is 3.41. The van der Waals surface area contributed by atoms with Crippen LogP contribution in [0.1, 0.15) is 13.8 Å². The van der Waals surface area contributed by atoms with Gasteiger partial charge in [0.2, 0.25) is 0 Å². The first kappa shape index (κ1) is 6.22. The first-order valence-corrected chi connectivity index (χ1v) is 5.04. The van der Waals surface area contributed by atoms with Crippen LogP contribution in [0, 0.1) is 0 Å². The van der Waals surface area contributed by atoms with Crippen LogP contribution in [-0.4, -0.2) is 8.80 Å². The van der Waals surface area contributed by atoms with Crippen LogP contribution in [0.2, 0.25) is 18.6 Å². The minimum atomic E-state index is 0.132. The van der Waals surface area contributed by atoms with E-state index in [2.05, 4.69) is 20.4 Å². The lowest BCUT2D eigenvalue weighted by Crippen LogP contribution is -1.99. The van der Waals surface area contributed by atoms with Crippen LogP contribution < -0.4 is 0 Å². The summed E-state index contributed by atoms with van der Waals surface area (Å²) < 4.78 is 0. The Hall–Kier alpha value is 0.217. The Bertz CT molecular complexity index is 23.1. The van der Waals surface area contributed by atoms with Gasteiger partial charge in [0.15, 0.2) is 0 Å². The van der Waals surface area contributed by atoms with Crippen LogP contribution in [0.3, 0.4) is 0 Å². The highest BCUT2D eigenvalue weighted by molar-refractivity contribution is 6.56. The molecule has 0 aromatic heterocycles. The Kier molecular flexibility index (Phi) is 3.53. The van der Waals surface area contributed by atoms with Crippen molar-refractivity contribution in [3.05, 3.63) is 0 Å². The highest BCUT2D eigenvalue weighted by atomic mass is 28.3. The molecule has 6 heavy (non-hydrogen) atoms. The third kappa shape index (κ3) is 2.45. The summed E-state index contributed by atoms with van der Waals surface area (Å²) in [5.41, 5.74) is 0. The third-order valence-corrected chi connectivity index (χ3v) is 3.62. The molecule has 0 fully saturated rings. The second-order valence-corrected chi connectivity index (χ2v) is 4.99. The lowest BCUT2D eigenvalue weighted by atomic mass is 10.9. The van der Waals surface area contributed by atoms with Gasteiger partial charge in [-0.15, -0.1) is 0 Å². The third-order valence-electron chi connectivity index (χ3n) is 1.21. The maximum absolute atomic E-state index is 2.38. The Labute approximate surface area is 42.2 Å². The van der Waals surface area contributed by atoms with E-state index >= 15 is 0 Å². The van der Waals surface area contributed by atoms with E-state index in [9.17, 15) is 0 Å². The van der Waals surface area contributed by atoms with Crippen LogP contribution >= 0.6 is 0 Å². The highest BCUT2D eigenvalue weighted by Gasteiger charge is 1.91.